The molecule has 0 bridgehead atoms. The summed E-state index contributed by atoms with van der Waals surface area (Å²) in [4.78, 5) is 16.1. The normalized spacial score (nSPS) is 10.0. The smallest absolute Gasteiger partial charge is 0.260 e. The van der Waals surface area contributed by atoms with E-state index in [4.69, 9.17) is 0 Å². The fourth-order valence-corrected chi connectivity index (χ4v) is 1.70. The van der Waals surface area contributed by atoms with E-state index in [-0.39, 0.29) is 5.56 Å². The van der Waals surface area contributed by atoms with Crippen molar-refractivity contribution in [3.05, 3.63) is 40.4 Å². The second kappa shape index (κ2) is 5.15. The molecule has 0 aliphatic heterocycles. The fraction of sp³-hybridized carbons (Fsp3) is 0.231. The van der Waals surface area contributed by atoms with Crippen LogP contribution in [0.15, 0.2) is 29.3 Å². The molecule has 0 amide bonds. The van der Waals surface area contributed by atoms with Gasteiger partial charge in [-0.25, -0.2) is 4.98 Å². The Morgan fingerprint density at radius 1 is 1.47 bits per heavy atom. The summed E-state index contributed by atoms with van der Waals surface area (Å²) in [7, 11) is 1.69. The molecular formula is C13H11BrN2O. The molecule has 0 fully saturated rings. The summed E-state index contributed by atoms with van der Waals surface area (Å²) >= 11 is 3.32. The number of alkyl halides is 1. The van der Waals surface area contributed by atoms with E-state index >= 15 is 0 Å². The van der Waals surface area contributed by atoms with Gasteiger partial charge in [0.15, 0.2) is 0 Å². The molecule has 0 atom stereocenters. The standard InChI is InChI=1S/C13H11BrN2O/c1-16-9-15-12-6-5-10(4-2-3-7-14)8-11(12)13(16)17/h5-6,8-9H,3,7H2,1H3. The van der Waals surface area contributed by atoms with Crippen LogP contribution in [0.4, 0.5) is 0 Å². The molecule has 1 heterocycles. The monoisotopic (exact) mass is 290 g/mol. The highest BCUT2D eigenvalue weighted by Crippen LogP contribution is 2.08. The summed E-state index contributed by atoms with van der Waals surface area (Å²) in [5.74, 6) is 6.05. The number of hydrogen-bond acceptors (Lipinski definition) is 2. The van der Waals surface area contributed by atoms with Gasteiger partial charge in [0.2, 0.25) is 0 Å². The Kier molecular flexibility index (Phi) is 3.60. The van der Waals surface area contributed by atoms with Gasteiger partial charge in [-0.1, -0.05) is 27.8 Å². The van der Waals surface area contributed by atoms with Gasteiger partial charge >= 0.3 is 0 Å². The van der Waals surface area contributed by atoms with Crippen LogP contribution in [-0.4, -0.2) is 14.9 Å². The molecule has 2 rings (SSSR count). The Labute approximate surface area is 108 Å². The first kappa shape index (κ1) is 11.9. The lowest BCUT2D eigenvalue weighted by atomic mass is 10.1. The van der Waals surface area contributed by atoms with Crippen molar-refractivity contribution in [2.45, 2.75) is 6.42 Å². The molecular weight excluding hydrogens is 280 g/mol. The summed E-state index contributed by atoms with van der Waals surface area (Å²) in [6.45, 7) is 0. The summed E-state index contributed by atoms with van der Waals surface area (Å²) in [6.07, 6.45) is 2.32. The Hall–Kier alpha value is -1.60. The van der Waals surface area contributed by atoms with Gasteiger partial charge in [0.25, 0.3) is 5.56 Å². The van der Waals surface area contributed by atoms with Crippen molar-refractivity contribution in [1.29, 1.82) is 0 Å². The molecule has 0 aliphatic rings. The lowest BCUT2D eigenvalue weighted by Crippen LogP contribution is -2.16. The van der Waals surface area contributed by atoms with E-state index in [1.165, 1.54) is 10.9 Å². The Balaban J connectivity index is 2.54. The lowest BCUT2D eigenvalue weighted by molar-refractivity contribution is 0.843. The van der Waals surface area contributed by atoms with Gasteiger partial charge < -0.3 is 4.57 Å². The number of benzene rings is 1. The molecule has 2 aromatic rings. The number of aryl methyl sites for hydroxylation is 1. The second-order valence-electron chi connectivity index (χ2n) is 3.63. The minimum atomic E-state index is -0.0425. The highest BCUT2D eigenvalue weighted by molar-refractivity contribution is 9.09. The van der Waals surface area contributed by atoms with Crippen LogP contribution in [0.2, 0.25) is 0 Å². The predicted octanol–water partition coefficient (Wildman–Crippen LogP) is 2.07. The van der Waals surface area contributed by atoms with Crippen molar-refractivity contribution >= 4 is 26.8 Å². The van der Waals surface area contributed by atoms with E-state index in [1.54, 1.807) is 13.1 Å². The summed E-state index contributed by atoms with van der Waals surface area (Å²) in [5, 5.41) is 1.47. The van der Waals surface area contributed by atoms with Crippen LogP contribution in [0.3, 0.4) is 0 Å². The molecule has 86 valence electrons. The maximum atomic E-state index is 11.9. The summed E-state index contributed by atoms with van der Waals surface area (Å²) in [5.41, 5.74) is 1.52. The molecule has 17 heavy (non-hydrogen) atoms. The van der Waals surface area contributed by atoms with Crippen LogP contribution < -0.4 is 5.56 Å². The molecule has 1 aromatic carbocycles. The first-order chi connectivity index (χ1) is 8.22. The van der Waals surface area contributed by atoms with E-state index in [0.717, 1.165) is 17.3 Å². The Morgan fingerprint density at radius 3 is 3.06 bits per heavy atom. The molecule has 0 aliphatic carbocycles. The van der Waals surface area contributed by atoms with Crippen molar-refractivity contribution in [2.75, 3.05) is 5.33 Å². The van der Waals surface area contributed by atoms with E-state index in [2.05, 4.69) is 32.8 Å². The van der Waals surface area contributed by atoms with E-state index in [0.29, 0.717) is 10.9 Å². The van der Waals surface area contributed by atoms with E-state index in [1.807, 2.05) is 12.1 Å². The minimum absolute atomic E-state index is 0.0425. The van der Waals surface area contributed by atoms with Crippen LogP contribution in [0.1, 0.15) is 12.0 Å². The topological polar surface area (TPSA) is 34.9 Å². The highest BCUT2D eigenvalue weighted by Gasteiger charge is 2.01. The van der Waals surface area contributed by atoms with Gasteiger partial charge in [0.05, 0.1) is 17.2 Å². The maximum Gasteiger partial charge on any atom is 0.260 e. The zero-order valence-electron chi connectivity index (χ0n) is 9.40. The van der Waals surface area contributed by atoms with Crippen LogP contribution in [0.5, 0.6) is 0 Å². The number of rotatable bonds is 1. The summed E-state index contributed by atoms with van der Waals surface area (Å²) in [6, 6.07) is 5.51. The first-order valence-corrected chi connectivity index (χ1v) is 6.35. The van der Waals surface area contributed by atoms with Gasteiger partial charge in [-0.15, -0.1) is 0 Å². The largest absolute Gasteiger partial charge is 0.302 e. The first-order valence-electron chi connectivity index (χ1n) is 5.22. The molecule has 0 spiro atoms. The second-order valence-corrected chi connectivity index (χ2v) is 4.43. The van der Waals surface area contributed by atoms with Crippen LogP contribution in [-0.2, 0) is 7.05 Å². The third kappa shape index (κ3) is 2.56. The number of nitrogens with zero attached hydrogens (tertiary/aromatic N) is 2. The maximum absolute atomic E-state index is 11.9. The Morgan fingerprint density at radius 2 is 2.29 bits per heavy atom. The predicted molar refractivity (Wildman–Crippen MR) is 72.3 cm³/mol. The third-order valence-corrected chi connectivity index (χ3v) is 2.77. The molecule has 4 heteroatoms. The zero-order valence-corrected chi connectivity index (χ0v) is 11.0. The number of hydrogen-bond donors (Lipinski definition) is 0. The molecule has 1 aromatic heterocycles. The van der Waals surface area contributed by atoms with Crippen molar-refractivity contribution in [3.8, 4) is 11.8 Å². The molecule has 3 nitrogen and oxygen atoms in total. The SMILES string of the molecule is Cn1cnc2ccc(C#CCCBr)cc2c1=O. The average molecular weight is 291 g/mol. The Bertz CT molecular complexity index is 664. The molecule has 0 unspecified atom stereocenters. The third-order valence-electron chi connectivity index (χ3n) is 2.37. The average Bonchev–Trinajstić information content (AvgIpc) is 2.35. The molecule has 0 saturated heterocycles. The quantitative estimate of drug-likeness (QED) is 0.595. The van der Waals surface area contributed by atoms with Gasteiger partial charge in [-0.05, 0) is 18.2 Å². The summed E-state index contributed by atoms with van der Waals surface area (Å²) < 4.78 is 1.47. The van der Waals surface area contributed by atoms with Gasteiger partial charge in [-0.3, -0.25) is 4.79 Å². The van der Waals surface area contributed by atoms with E-state index < -0.39 is 0 Å². The van der Waals surface area contributed by atoms with Crippen LogP contribution in [0, 0.1) is 11.8 Å². The van der Waals surface area contributed by atoms with Crippen molar-refractivity contribution in [3.63, 3.8) is 0 Å². The molecule has 0 saturated carbocycles. The molecule has 0 N–H and O–H groups in total. The van der Waals surface area contributed by atoms with Gasteiger partial charge in [0, 0.05) is 24.4 Å². The van der Waals surface area contributed by atoms with E-state index in [9.17, 15) is 4.79 Å². The van der Waals surface area contributed by atoms with Crippen molar-refractivity contribution in [1.82, 2.24) is 9.55 Å². The van der Waals surface area contributed by atoms with Crippen LogP contribution >= 0.6 is 15.9 Å². The molecule has 0 radical (unpaired) electrons. The lowest BCUT2D eigenvalue weighted by Gasteiger charge is -2.00. The van der Waals surface area contributed by atoms with Crippen molar-refractivity contribution < 1.29 is 0 Å². The highest BCUT2D eigenvalue weighted by atomic mass is 79.9. The zero-order chi connectivity index (χ0) is 12.3. The van der Waals surface area contributed by atoms with Crippen molar-refractivity contribution in [2.24, 2.45) is 7.05 Å². The number of halogens is 1. The van der Waals surface area contributed by atoms with Gasteiger partial charge in [-0.2, -0.15) is 0 Å². The van der Waals surface area contributed by atoms with Gasteiger partial charge in [0.1, 0.15) is 0 Å². The van der Waals surface area contributed by atoms with Crippen LogP contribution in [0.25, 0.3) is 10.9 Å². The number of aromatic nitrogens is 2. The number of fused-ring (bicyclic) bond motifs is 1. The minimum Gasteiger partial charge on any atom is -0.302 e. The fourth-order valence-electron chi connectivity index (χ4n) is 1.50.